The van der Waals surface area contributed by atoms with Crippen LogP contribution in [0.1, 0.15) is 277 Å². The average molecular weight is 1200 g/mol. The number of allylic oxidation sites excluding steroid dienone is 23. The molecule has 0 rings (SSSR count). The minimum atomic E-state index is -4.38. The van der Waals surface area contributed by atoms with Crippen molar-refractivity contribution in [2.24, 2.45) is 0 Å². The molecular weight excluding hydrogens is 1070 g/mol. The molecular formula is C76H132N2O6P+. The van der Waals surface area contributed by atoms with Crippen LogP contribution in [0.3, 0.4) is 0 Å². The minimum absolute atomic E-state index is 0.0413. The number of carbonyl (C=O) groups excluding carboxylic acids is 1. The Morgan fingerprint density at radius 2 is 0.718 bits per heavy atom. The SMILES string of the molecule is CC/C=C\C/C=C\C/C=C\C/C=C\C/C=C\C/C=C\C/C=C\C/C=C\C/C=C\CCCCCCCC(=O)NC(COP(=O)(O)OCC[N+](C)(C)C)C(O)/C=C/CC/C=C/CC/C=C/CCCCCCCCCCCCCCCCCCCCCC. The van der Waals surface area contributed by atoms with Crippen molar-refractivity contribution in [2.45, 2.75) is 289 Å². The van der Waals surface area contributed by atoms with Crippen LogP contribution >= 0.6 is 7.82 Å². The van der Waals surface area contributed by atoms with Gasteiger partial charge in [0.05, 0.1) is 39.9 Å². The van der Waals surface area contributed by atoms with E-state index < -0.39 is 20.0 Å². The number of nitrogens with one attached hydrogen (secondary N) is 1. The maximum Gasteiger partial charge on any atom is 0.472 e. The van der Waals surface area contributed by atoms with Crippen molar-refractivity contribution in [2.75, 3.05) is 40.9 Å². The molecule has 9 heteroatoms. The zero-order chi connectivity index (χ0) is 61.9. The van der Waals surface area contributed by atoms with Crippen molar-refractivity contribution in [1.29, 1.82) is 0 Å². The number of hydrogen-bond donors (Lipinski definition) is 3. The number of phosphoric acid groups is 1. The Morgan fingerprint density at radius 3 is 1.08 bits per heavy atom. The van der Waals surface area contributed by atoms with E-state index in [1.807, 2.05) is 27.2 Å². The number of quaternary nitrogens is 1. The van der Waals surface area contributed by atoms with E-state index in [1.54, 1.807) is 6.08 Å². The lowest BCUT2D eigenvalue weighted by atomic mass is 10.0. The minimum Gasteiger partial charge on any atom is -0.387 e. The topological polar surface area (TPSA) is 105 Å². The van der Waals surface area contributed by atoms with Crippen LogP contribution < -0.4 is 5.32 Å². The molecule has 0 bridgehead atoms. The smallest absolute Gasteiger partial charge is 0.387 e. The van der Waals surface area contributed by atoms with Crippen LogP contribution in [0.15, 0.2) is 146 Å². The van der Waals surface area contributed by atoms with Gasteiger partial charge in [-0.05, 0) is 116 Å². The van der Waals surface area contributed by atoms with Gasteiger partial charge in [-0.1, -0.05) is 301 Å². The van der Waals surface area contributed by atoms with Crippen molar-refractivity contribution in [3.8, 4) is 0 Å². The lowest BCUT2D eigenvalue weighted by molar-refractivity contribution is -0.870. The highest BCUT2D eigenvalue weighted by Gasteiger charge is 2.28. The highest BCUT2D eigenvalue weighted by atomic mass is 31.2. The van der Waals surface area contributed by atoms with Crippen LogP contribution in [0.5, 0.6) is 0 Å². The van der Waals surface area contributed by atoms with Crippen LogP contribution in [0.25, 0.3) is 0 Å². The standard InChI is InChI=1S/C76H131N2O6P/c1-6-8-10-12-14-16-18-20-22-24-26-28-30-32-34-36-38-39-40-42-44-46-48-50-52-54-56-58-60-62-64-66-68-70-76(80)77-74(73-84-85(81,82)83-72-71-78(3,4)5)75(79)69-67-65-63-61-59-57-55-53-51-49-47-45-43-41-37-35-33-31-29-27-25-23-21-19-17-15-13-11-9-7-2/h8,10,14,16,20,22,26,28,32,34,38-39,42,44,48,50-51,53-54,56,59,61,67,69,74-75,79H,6-7,9,11-13,15,17-19,21,23-25,27,29-31,33,35-37,40-41,43,45-47,49,52,55,57-58,60,62-66,68,70-73H2,1-5H3,(H-,77,80,81,82)/p+1/b10-8-,16-14-,22-20-,28-26-,34-32-,39-38-,44-42-,50-48-,53-51+,56-54-,61-59+,69-67+. The van der Waals surface area contributed by atoms with Crippen LogP contribution in [0.4, 0.5) is 0 Å². The fourth-order valence-electron chi connectivity index (χ4n) is 9.42. The Morgan fingerprint density at radius 1 is 0.412 bits per heavy atom. The summed E-state index contributed by atoms with van der Waals surface area (Å²) in [5, 5.41) is 14.0. The molecule has 8 nitrogen and oxygen atoms in total. The van der Waals surface area contributed by atoms with Crippen molar-refractivity contribution in [3.63, 3.8) is 0 Å². The first-order valence-electron chi connectivity index (χ1n) is 34.7. The summed E-state index contributed by atoms with van der Waals surface area (Å²) in [6.07, 6.45) is 99.9. The first-order valence-corrected chi connectivity index (χ1v) is 36.2. The largest absolute Gasteiger partial charge is 0.472 e. The van der Waals surface area contributed by atoms with E-state index in [0.29, 0.717) is 17.4 Å². The molecule has 0 radical (unpaired) electrons. The molecule has 0 fully saturated rings. The number of carbonyl (C=O) groups is 1. The van der Waals surface area contributed by atoms with Crippen LogP contribution in [0, 0.1) is 0 Å². The number of rotatable bonds is 62. The fourth-order valence-corrected chi connectivity index (χ4v) is 10.2. The molecule has 3 atom stereocenters. The second-order valence-corrected chi connectivity index (χ2v) is 25.6. The fraction of sp³-hybridized carbons (Fsp3) is 0.671. The van der Waals surface area contributed by atoms with Gasteiger partial charge in [0.1, 0.15) is 13.2 Å². The van der Waals surface area contributed by atoms with Gasteiger partial charge in [-0.25, -0.2) is 4.57 Å². The normalized spacial score (nSPS) is 14.6. The molecule has 3 N–H and O–H groups in total. The van der Waals surface area contributed by atoms with Gasteiger partial charge >= 0.3 is 7.82 Å². The Kier molecular flexibility index (Phi) is 62.1. The van der Waals surface area contributed by atoms with E-state index >= 15 is 0 Å². The van der Waals surface area contributed by atoms with E-state index in [9.17, 15) is 19.4 Å². The molecule has 3 unspecified atom stereocenters. The molecule has 0 spiro atoms. The molecule has 486 valence electrons. The van der Waals surface area contributed by atoms with Crippen LogP contribution in [0.2, 0.25) is 0 Å². The van der Waals surface area contributed by atoms with E-state index in [-0.39, 0.29) is 19.1 Å². The Bertz CT molecular complexity index is 1900. The molecule has 0 aromatic carbocycles. The molecule has 0 saturated carbocycles. The molecule has 0 saturated heterocycles. The first kappa shape index (κ1) is 81.4. The zero-order valence-electron chi connectivity index (χ0n) is 55.5. The van der Waals surface area contributed by atoms with E-state index in [0.717, 1.165) is 122 Å². The van der Waals surface area contributed by atoms with Gasteiger partial charge in [-0.15, -0.1) is 0 Å². The number of phosphoric ester groups is 1. The number of unbranched alkanes of at least 4 members (excludes halogenated alkanes) is 27. The van der Waals surface area contributed by atoms with Crippen molar-refractivity contribution < 1.29 is 32.9 Å². The summed E-state index contributed by atoms with van der Waals surface area (Å²) < 4.78 is 23.8. The second-order valence-electron chi connectivity index (χ2n) is 24.2. The van der Waals surface area contributed by atoms with E-state index in [1.165, 1.54) is 135 Å². The predicted octanol–water partition coefficient (Wildman–Crippen LogP) is 22.4. The van der Waals surface area contributed by atoms with Crippen molar-refractivity contribution in [1.82, 2.24) is 5.32 Å². The van der Waals surface area contributed by atoms with Gasteiger partial charge in [0.2, 0.25) is 5.91 Å². The maximum atomic E-state index is 13.0. The van der Waals surface area contributed by atoms with Gasteiger partial charge in [0.25, 0.3) is 0 Å². The lowest BCUT2D eigenvalue weighted by Gasteiger charge is -2.25. The molecule has 0 aromatic rings. The van der Waals surface area contributed by atoms with Crippen LogP contribution in [-0.4, -0.2) is 73.4 Å². The van der Waals surface area contributed by atoms with Crippen LogP contribution in [-0.2, 0) is 18.4 Å². The summed E-state index contributed by atoms with van der Waals surface area (Å²) in [5.41, 5.74) is 0. The summed E-state index contributed by atoms with van der Waals surface area (Å²) >= 11 is 0. The number of hydrogen-bond acceptors (Lipinski definition) is 5. The molecule has 0 aliphatic carbocycles. The molecule has 85 heavy (non-hydrogen) atoms. The molecule has 0 aliphatic rings. The Hall–Kier alpha value is -3.62. The van der Waals surface area contributed by atoms with Gasteiger partial charge in [0.15, 0.2) is 0 Å². The highest BCUT2D eigenvalue weighted by Crippen LogP contribution is 2.43. The number of aliphatic hydroxyl groups excluding tert-OH is 1. The Labute approximate surface area is 525 Å². The number of likely N-dealkylation sites (N-methyl/N-ethyl adjacent to an activating group) is 1. The van der Waals surface area contributed by atoms with Gasteiger partial charge in [-0.2, -0.15) is 0 Å². The van der Waals surface area contributed by atoms with Crippen molar-refractivity contribution >= 4 is 13.7 Å². The predicted molar refractivity (Wildman–Crippen MR) is 373 cm³/mol. The number of aliphatic hydroxyl groups is 1. The monoisotopic (exact) mass is 1200 g/mol. The molecule has 0 heterocycles. The van der Waals surface area contributed by atoms with Crippen molar-refractivity contribution in [3.05, 3.63) is 146 Å². The molecule has 1 amide bonds. The summed E-state index contributed by atoms with van der Waals surface area (Å²) in [5.74, 6) is -0.214. The number of amides is 1. The van der Waals surface area contributed by atoms with Gasteiger partial charge in [0, 0.05) is 6.42 Å². The molecule has 0 aromatic heterocycles. The van der Waals surface area contributed by atoms with E-state index in [2.05, 4.69) is 153 Å². The second kappa shape index (κ2) is 64.8. The molecule has 0 aliphatic heterocycles. The lowest BCUT2D eigenvalue weighted by Crippen LogP contribution is -2.45. The highest BCUT2D eigenvalue weighted by molar-refractivity contribution is 7.47. The summed E-state index contributed by atoms with van der Waals surface area (Å²) in [6, 6.07) is -0.894. The van der Waals surface area contributed by atoms with Gasteiger partial charge < -0.3 is 19.8 Å². The summed E-state index contributed by atoms with van der Waals surface area (Å²) in [7, 11) is 1.51. The average Bonchev–Trinajstić information content (AvgIpc) is 3.49. The summed E-state index contributed by atoms with van der Waals surface area (Å²) in [4.78, 5) is 23.4. The Balaban J connectivity index is 4.26. The summed E-state index contributed by atoms with van der Waals surface area (Å²) in [6.45, 7) is 4.66. The first-order chi connectivity index (χ1) is 41.5. The number of nitrogens with zero attached hydrogens (tertiary/aromatic N) is 1. The third-order valence-corrected chi connectivity index (χ3v) is 15.8. The third kappa shape index (κ3) is 67.7. The quantitative estimate of drug-likeness (QED) is 0.0243. The third-order valence-electron chi connectivity index (χ3n) is 14.8. The van der Waals surface area contributed by atoms with Gasteiger partial charge in [-0.3, -0.25) is 13.8 Å². The maximum absolute atomic E-state index is 13.0. The zero-order valence-corrected chi connectivity index (χ0v) is 56.4. The van der Waals surface area contributed by atoms with E-state index in [4.69, 9.17) is 9.05 Å².